The Labute approximate surface area is 179 Å². The molecule has 0 N–H and O–H groups in total. The summed E-state index contributed by atoms with van der Waals surface area (Å²) in [7, 11) is 0. The lowest BCUT2D eigenvalue weighted by molar-refractivity contribution is -0.137. The maximum absolute atomic E-state index is 13.3. The number of hydrogen-bond donors (Lipinski definition) is 0. The summed E-state index contributed by atoms with van der Waals surface area (Å²) in [5, 5.41) is 7.99. The molecular weight excluding hydrogens is 421 g/mol. The molecule has 0 fully saturated rings. The second-order valence-corrected chi connectivity index (χ2v) is 7.59. The number of aliphatic imine (C=N–C) groups is 1. The zero-order chi connectivity index (χ0) is 21.9. The molecule has 2 aromatic carbocycles. The van der Waals surface area contributed by atoms with Gasteiger partial charge in [-0.3, -0.25) is 4.57 Å². The number of nitrogens with zero attached hydrogens (tertiary/aromatic N) is 6. The average Bonchev–Trinajstić information content (AvgIpc) is 3.52. The summed E-state index contributed by atoms with van der Waals surface area (Å²) in [4.78, 5) is 9.06. The van der Waals surface area contributed by atoms with Crippen LogP contribution in [0.4, 0.5) is 13.2 Å². The van der Waals surface area contributed by atoms with Crippen molar-refractivity contribution in [2.45, 2.75) is 18.8 Å². The van der Waals surface area contributed by atoms with E-state index in [1.165, 1.54) is 12.4 Å². The molecule has 0 saturated heterocycles. The summed E-state index contributed by atoms with van der Waals surface area (Å²) in [6.45, 7) is 0.779. The summed E-state index contributed by atoms with van der Waals surface area (Å²) >= 11 is 0. The Hall–Kier alpha value is -3.95. The highest BCUT2D eigenvalue weighted by atomic mass is 19.4. The quantitative estimate of drug-likeness (QED) is 0.419. The molecule has 6 rings (SSSR count). The van der Waals surface area contributed by atoms with Crippen molar-refractivity contribution in [2.24, 2.45) is 4.99 Å². The number of benzene rings is 2. The first-order valence-electron chi connectivity index (χ1n) is 9.91. The Morgan fingerprint density at radius 1 is 1.03 bits per heavy atom. The molecule has 32 heavy (non-hydrogen) atoms. The maximum atomic E-state index is 13.3. The Kier molecular flexibility index (Phi) is 3.98. The van der Waals surface area contributed by atoms with Crippen molar-refractivity contribution in [3.05, 3.63) is 83.7 Å². The van der Waals surface area contributed by atoms with Gasteiger partial charge in [-0.25, -0.2) is 9.98 Å². The number of alkyl halides is 3. The molecule has 7 nitrogen and oxygen atoms in total. The van der Waals surface area contributed by atoms with Gasteiger partial charge in [-0.05, 0) is 23.8 Å². The molecular formula is C22H15F3N6O. The van der Waals surface area contributed by atoms with Crippen LogP contribution in [0.1, 0.15) is 28.6 Å². The zero-order valence-electron chi connectivity index (χ0n) is 16.5. The molecule has 4 heterocycles. The number of aromatic nitrogens is 5. The van der Waals surface area contributed by atoms with Gasteiger partial charge in [0.2, 0.25) is 5.90 Å². The van der Waals surface area contributed by atoms with Gasteiger partial charge in [-0.15, -0.1) is 10.2 Å². The van der Waals surface area contributed by atoms with Crippen LogP contribution in [0.5, 0.6) is 0 Å². The molecule has 0 radical (unpaired) electrons. The lowest BCUT2D eigenvalue weighted by Crippen LogP contribution is -2.12. The average molecular weight is 436 g/mol. The van der Waals surface area contributed by atoms with E-state index in [9.17, 15) is 13.2 Å². The van der Waals surface area contributed by atoms with Crippen LogP contribution in [0.25, 0.3) is 17.1 Å². The van der Waals surface area contributed by atoms with E-state index in [0.29, 0.717) is 41.8 Å². The van der Waals surface area contributed by atoms with Gasteiger partial charge in [0.1, 0.15) is 24.5 Å². The molecule has 0 amide bonds. The Morgan fingerprint density at radius 3 is 2.69 bits per heavy atom. The number of rotatable bonds is 2. The van der Waals surface area contributed by atoms with Gasteiger partial charge in [0, 0.05) is 5.56 Å². The van der Waals surface area contributed by atoms with E-state index in [2.05, 4.69) is 20.2 Å². The highest BCUT2D eigenvalue weighted by Crippen LogP contribution is 2.37. The molecule has 0 aliphatic carbocycles. The minimum absolute atomic E-state index is 0.207. The summed E-state index contributed by atoms with van der Waals surface area (Å²) in [6.07, 6.45) is -1.59. The molecule has 4 aromatic rings. The van der Waals surface area contributed by atoms with E-state index >= 15 is 0 Å². The number of ether oxygens (including phenoxy) is 1. The predicted molar refractivity (Wildman–Crippen MR) is 108 cm³/mol. The van der Waals surface area contributed by atoms with Crippen LogP contribution >= 0.6 is 0 Å². The molecule has 0 spiro atoms. The maximum Gasteiger partial charge on any atom is 0.416 e. The summed E-state index contributed by atoms with van der Waals surface area (Å²) in [5.74, 6) is 0.773. The molecule has 160 valence electrons. The zero-order valence-corrected chi connectivity index (χ0v) is 16.5. The molecule has 0 saturated carbocycles. The van der Waals surface area contributed by atoms with Crippen molar-refractivity contribution >= 4 is 5.90 Å². The normalized spacial score (nSPS) is 17.1. The number of imidazole rings is 1. The first-order chi connectivity index (χ1) is 15.5. The van der Waals surface area contributed by atoms with Crippen LogP contribution in [0.2, 0.25) is 0 Å². The SMILES string of the molecule is FC(F)(F)c1ccc2c(c1)-c1nncn1Cc1c(C3=NC[C@@H](c4ccccc4)O3)ncn1-2. The third kappa shape index (κ3) is 2.90. The highest BCUT2D eigenvalue weighted by molar-refractivity contribution is 5.95. The van der Waals surface area contributed by atoms with Gasteiger partial charge >= 0.3 is 6.18 Å². The van der Waals surface area contributed by atoms with Gasteiger partial charge < -0.3 is 9.30 Å². The lowest BCUT2D eigenvalue weighted by atomic mass is 10.1. The van der Waals surface area contributed by atoms with Gasteiger partial charge in [-0.2, -0.15) is 13.2 Å². The fourth-order valence-electron chi connectivity index (χ4n) is 4.10. The summed E-state index contributed by atoms with van der Waals surface area (Å²) < 4.78 is 49.6. The van der Waals surface area contributed by atoms with Crippen LogP contribution in [0.15, 0.2) is 66.2 Å². The van der Waals surface area contributed by atoms with E-state index in [0.717, 1.165) is 23.4 Å². The van der Waals surface area contributed by atoms with E-state index in [-0.39, 0.29) is 6.10 Å². The third-order valence-corrected chi connectivity index (χ3v) is 5.65. The second-order valence-electron chi connectivity index (χ2n) is 7.59. The first-order valence-corrected chi connectivity index (χ1v) is 9.91. The summed E-state index contributed by atoms with van der Waals surface area (Å²) in [6, 6.07) is 13.4. The highest BCUT2D eigenvalue weighted by Gasteiger charge is 2.34. The van der Waals surface area contributed by atoms with Crippen LogP contribution in [0, 0.1) is 0 Å². The Bertz CT molecular complexity index is 1360. The lowest BCUT2D eigenvalue weighted by Gasteiger charge is -2.13. The third-order valence-electron chi connectivity index (χ3n) is 5.65. The number of halogens is 3. The van der Waals surface area contributed by atoms with Crippen LogP contribution < -0.4 is 0 Å². The fraction of sp³-hybridized carbons (Fsp3) is 0.182. The van der Waals surface area contributed by atoms with Crippen molar-refractivity contribution in [1.29, 1.82) is 0 Å². The standard InChI is InChI=1S/C22H15F3N6O/c23-22(24,25)14-6-7-16-15(8-14)20-29-28-12-30(20)10-17-19(27-11-31(16)17)21-26-9-18(32-21)13-4-2-1-3-5-13/h1-8,11-12,18H,9-10H2/t18-/m0/s1. The molecule has 10 heteroatoms. The molecule has 2 aliphatic rings. The van der Waals surface area contributed by atoms with E-state index in [4.69, 9.17) is 4.74 Å². The van der Waals surface area contributed by atoms with Gasteiger partial charge in [0.15, 0.2) is 5.82 Å². The fourth-order valence-corrected chi connectivity index (χ4v) is 4.10. The molecule has 0 unspecified atom stereocenters. The van der Waals surface area contributed by atoms with Crippen LogP contribution in [-0.4, -0.2) is 36.8 Å². The van der Waals surface area contributed by atoms with Crippen molar-refractivity contribution in [3.63, 3.8) is 0 Å². The predicted octanol–water partition coefficient (Wildman–Crippen LogP) is 4.03. The van der Waals surface area contributed by atoms with E-state index < -0.39 is 11.7 Å². The molecule has 2 aliphatic heterocycles. The van der Waals surface area contributed by atoms with Crippen LogP contribution in [0.3, 0.4) is 0 Å². The topological polar surface area (TPSA) is 70.1 Å². The van der Waals surface area contributed by atoms with Gasteiger partial charge in [-0.1, -0.05) is 30.3 Å². The summed E-state index contributed by atoms with van der Waals surface area (Å²) in [5.41, 5.74) is 2.42. The van der Waals surface area contributed by atoms with Crippen LogP contribution in [-0.2, 0) is 17.5 Å². The Morgan fingerprint density at radius 2 is 1.88 bits per heavy atom. The number of fused-ring (bicyclic) bond motifs is 5. The van der Waals surface area contributed by atoms with Crippen molar-refractivity contribution < 1.29 is 17.9 Å². The van der Waals surface area contributed by atoms with E-state index in [1.54, 1.807) is 15.5 Å². The molecule has 0 bridgehead atoms. The Balaban J connectivity index is 1.44. The second kappa shape index (κ2) is 6.78. The monoisotopic (exact) mass is 436 g/mol. The molecule has 1 atom stereocenters. The number of hydrogen-bond acceptors (Lipinski definition) is 5. The van der Waals surface area contributed by atoms with Gasteiger partial charge in [0.05, 0.1) is 30.0 Å². The van der Waals surface area contributed by atoms with Crippen molar-refractivity contribution in [1.82, 2.24) is 24.3 Å². The van der Waals surface area contributed by atoms with Crippen molar-refractivity contribution in [3.8, 4) is 17.1 Å². The minimum atomic E-state index is -4.46. The van der Waals surface area contributed by atoms with Crippen molar-refractivity contribution in [2.75, 3.05) is 6.54 Å². The smallest absolute Gasteiger partial charge is 0.416 e. The van der Waals surface area contributed by atoms with Gasteiger partial charge in [0.25, 0.3) is 0 Å². The molecule has 2 aromatic heterocycles. The minimum Gasteiger partial charge on any atom is -0.466 e. The van der Waals surface area contributed by atoms with E-state index in [1.807, 2.05) is 30.3 Å². The first kappa shape index (κ1) is 18.8. The largest absolute Gasteiger partial charge is 0.466 e.